The van der Waals surface area contributed by atoms with Gasteiger partial charge in [0.05, 0.1) is 31.0 Å². The van der Waals surface area contributed by atoms with Gasteiger partial charge in [0.1, 0.15) is 0 Å². The lowest BCUT2D eigenvalue weighted by molar-refractivity contribution is -0.143. The summed E-state index contributed by atoms with van der Waals surface area (Å²) in [4.78, 5) is 28.9. The van der Waals surface area contributed by atoms with Crippen LogP contribution in [0.2, 0.25) is 0 Å². The van der Waals surface area contributed by atoms with Gasteiger partial charge in [-0.2, -0.15) is 0 Å². The lowest BCUT2D eigenvalue weighted by Gasteiger charge is -2.36. The summed E-state index contributed by atoms with van der Waals surface area (Å²) in [7, 11) is 0. The minimum Gasteiger partial charge on any atom is -0.388 e. The van der Waals surface area contributed by atoms with Gasteiger partial charge in [0.2, 0.25) is 11.8 Å². The molecular formula is C20H28N2O4S. The van der Waals surface area contributed by atoms with Crippen LogP contribution in [0.5, 0.6) is 0 Å². The van der Waals surface area contributed by atoms with Gasteiger partial charge in [0, 0.05) is 31.9 Å². The third-order valence-corrected chi connectivity index (χ3v) is 6.13. The Morgan fingerprint density at radius 1 is 1.15 bits per heavy atom. The molecule has 0 aliphatic carbocycles. The van der Waals surface area contributed by atoms with E-state index in [2.05, 4.69) is 0 Å². The lowest BCUT2D eigenvalue weighted by atomic mass is 9.96. The molecule has 2 aliphatic heterocycles. The monoisotopic (exact) mass is 392 g/mol. The molecule has 6 nitrogen and oxygen atoms in total. The van der Waals surface area contributed by atoms with E-state index in [1.807, 2.05) is 40.1 Å². The molecule has 7 heteroatoms. The van der Waals surface area contributed by atoms with Crippen LogP contribution < -0.4 is 0 Å². The number of likely N-dealkylation sites (tertiary alicyclic amines) is 1. The fraction of sp³-hybridized carbons (Fsp3) is 0.600. The van der Waals surface area contributed by atoms with Crippen molar-refractivity contribution in [2.75, 3.05) is 50.9 Å². The first-order valence-corrected chi connectivity index (χ1v) is 10.8. The lowest BCUT2D eigenvalue weighted by Crippen LogP contribution is -2.49. The number of morpholine rings is 1. The maximum absolute atomic E-state index is 12.7. The Hall–Kier alpha value is -1.57. The van der Waals surface area contributed by atoms with E-state index < -0.39 is 6.10 Å². The van der Waals surface area contributed by atoms with Gasteiger partial charge in [-0.25, -0.2) is 0 Å². The smallest absolute Gasteiger partial charge is 0.232 e. The second-order valence-corrected chi connectivity index (χ2v) is 8.09. The summed E-state index contributed by atoms with van der Waals surface area (Å²) in [6.07, 6.45) is 1.14. The third kappa shape index (κ3) is 5.70. The zero-order chi connectivity index (χ0) is 19.1. The van der Waals surface area contributed by atoms with Crippen molar-refractivity contribution in [3.05, 3.63) is 35.9 Å². The number of amides is 2. The highest BCUT2D eigenvalue weighted by atomic mass is 32.2. The molecule has 3 rings (SSSR count). The number of nitrogens with zero attached hydrogens (tertiary/aromatic N) is 2. The van der Waals surface area contributed by atoms with E-state index in [1.54, 1.807) is 0 Å². The first-order chi connectivity index (χ1) is 13.1. The van der Waals surface area contributed by atoms with Gasteiger partial charge in [0.25, 0.3) is 0 Å². The molecule has 0 spiro atoms. The molecule has 148 valence electrons. The van der Waals surface area contributed by atoms with Crippen molar-refractivity contribution >= 4 is 23.6 Å². The maximum Gasteiger partial charge on any atom is 0.232 e. The van der Waals surface area contributed by atoms with Crippen LogP contribution in [-0.2, 0) is 14.3 Å². The Kier molecular flexibility index (Phi) is 7.55. The number of hydrogen-bond donors (Lipinski definition) is 1. The van der Waals surface area contributed by atoms with Crippen molar-refractivity contribution in [3.8, 4) is 0 Å². The summed E-state index contributed by atoms with van der Waals surface area (Å²) in [5.41, 5.74) is 0.867. The predicted molar refractivity (Wildman–Crippen MR) is 105 cm³/mol. The molecule has 0 aromatic heterocycles. The largest absolute Gasteiger partial charge is 0.388 e. The van der Waals surface area contributed by atoms with Crippen LogP contribution in [0.1, 0.15) is 24.5 Å². The summed E-state index contributed by atoms with van der Waals surface area (Å²) >= 11 is 1.44. The van der Waals surface area contributed by atoms with E-state index in [0.717, 1.165) is 18.4 Å². The highest BCUT2D eigenvalue weighted by molar-refractivity contribution is 7.99. The number of benzene rings is 1. The molecule has 1 aromatic rings. The van der Waals surface area contributed by atoms with Crippen molar-refractivity contribution in [1.82, 2.24) is 9.80 Å². The van der Waals surface area contributed by atoms with Gasteiger partial charge in [-0.1, -0.05) is 30.3 Å². The van der Waals surface area contributed by atoms with Crippen LogP contribution in [0.15, 0.2) is 30.3 Å². The second-order valence-electron chi connectivity index (χ2n) is 7.06. The Bertz CT molecular complexity index is 622. The zero-order valence-corrected chi connectivity index (χ0v) is 16.4. The zero-order valence-electron chi connectivity index (χ0n) is 15.6. The number of piperidine rings is 1. The minimum absolute atomic E-state index is 0.0553. The highest BCUT2D eigenvalue weighted by Gasteiger charge is 2.31. The molecule has 2 aliphatic rings. The number of carbonyl (C=O) groups excluding carboxylic acids is 2. The molecule has 0 saturated carbocycles. The van der Waals surface area contributed by atoms with Gasteiger partial charge in [0.15, 0.2) is 0 Å². The number of thioether (sulfide) groups is 1. The van der Waals surface area contributed by atoms with Gasteiger partial charge in [-0.05, 0) is 18.4 Å². The van der Waals surface area contributed by atoms with Crippen LogP contribution in [0.3, 0.4) is 0 Å². The molecule has 2 amide bonds. The summed E-state index contributed by atoms with van der Waals surface area (Å²) in [5.74, 6) is 0.936. The van der Waals surface area contributed by atoms with Crippen molar-refractivity contribution in [3.63, 3.8) is 0 Å². The van der Waals surface area contributed by atoms with E-state index in [9.17, 15) is 14.7 Å². The third-order valence-electron chi connectivity index (χ3n) is 5.13. The van der Waals surface area contributed by atoms with E-state index in [1.165, 1.54) is 11.8 Å². The van der Waals surface area contributed by atoms with Gasteiger partial charge in [-0.3, -0.25) is 9.59 Å². The molecule has 27 heavy (non-hydrogen) atoms. The molecule has 2 unspecified atom stereocenters. The number of aliphatic hydroxyl groups is 1. The number of hydrogen-bond acceptors (Lipinski definition) is 5. The summed E-state index contributed by atoms with van der Waals surface area (Å²) in [6.45, 7) is 3.72. The Labute approximate surface area is 164 Å². The Morgan fingerprint density at radius 3 is 2.63 bits per heavy atom. The van der Waals surface area contributed by atoms with Crippen LogP contribution in [-0.4, -0.2) is 77.6 Å². The summed E-state index contributed by atoms with van der Waals surface area (Å²) in [6, 6.07) is 9.48. The van der Waals surface area contributed by atoms with Crippen molar-refractivity contribution < 1.29 is 19.4 Å². The van der Waals surface area contributed by atoms with Crippen LogP contribution >= 0.6 is 11.8 Å². The van der Waals surface area contributed by atoms with Crippen molar-refractivity contribution in [2.24, 2.45) is 5.92 Å². The minimum atomic E-state index is -0.569. The first-order valence-electron chi connectivity index (χ1n) is 9.60. The average Bonchev–Trinajstić information content (AvgIpc) is 2.74. The van der Waals surface area contributed by atoms with E-state index in [4.69, 9.17) is 4.74 Å². The standard InChI is InChI=1S/C20H28N2O4S/c23-18(16-5-2-1-3-6-16)14-27-15-19(24)22-8-4-7-17(13-22)20(25)21-9-11-26-12-10-21/h1-3,5-6,17-18,23H,4,7-15H2. The molecule has 0 bridgehead atoms. The maximum atomic E-state index is 12.7. The average molecular weight is 393 g/mol. The predicted octanol–water partition coefficient (Wildman–Crippen LogP) is 1.55. The van der Waals surface area contributed by atoms with Crippen molar-refractivity contribution in [1.29, 1.82) is 0 Å². The normalized spacial score (nSPS) is 21.7. The highest BCUT2D eigenvalue weighted by Crippen LogP contribution is 2.22. The Morgan fingerprint density at radius 2 is 1.89 bits per heavy atom. The van der Waals surface area contributed by atoms with Gasteiger partial charge in [-0.15, -0.1) is 11.8 Å². The molecule has 1 aromatic carbocycles. The quantitative estimate of drug-likeness (QED) is 0.796. The fourth-order valence-corrected chi connectivity index (χ4v) is 4.46. The number of carbonyl (C=O) groups is 2. The second kappa shape index (κ2) is 10.1. The first kappa shape index (κ1) is 20.2. The van der Waals surface area contributed by atoms with Gasteiger partial charge >= 0.3 is 0 Å². The van der Waals surface area contributed by atoms with Crippen LogP contribution in [0, 0.1) is 5.92 Å². The SMILES string of the molecule is O=C(CSCC(O)c1ccccc1)N1CCCC(C(=O)N2CCOCC2)C1. The molecule has 0 radical (unpaired) electrons. The van der Waals surface area contributed by atoms with Gasteiger partial charge < -0.3 is 19.6 Å². The van der Waals surface area contributed by atoms with Crippen LogP contribution in [0.25, 0.3) is 0 Å². The van der Waals surface area contributed by atoms with E-state index in [-0.39, 0.29) is 17.7 Å². The van der Waals surface area contributed by atoms with E-state index in [0.29, 0.717) is 50.9 Å². The summed E-state index contributed by atoms with van der Waals surface area (Å²) in [5, 5.41) is 10.2. The fourth-order valence-electron chi connectivity index (χ4n) is 3.57. The van der Waals surface area contributed by atoms with Crippen LogP contribution in [0.4, 0.5) is 0 Å². The molecular weight excluding hydrogens is 364 g/mol. The number of rotatable bonds is 6. The molecule has 2 fully saturated rings. The van der Waals surface area contributed by atoms with Crippen molar-refractivity contribution in [2.45, 2.75) is 18.9 Å². The molecule has 1 N–H and O–H groups in total. The number of ether oxygens (including phenoxy) is 1. The number of aliphatic hydroxyl groups excluding tert-OH is 1. The Balaban J connectivity index is 1.43. The molecule has 2 atom stereocenters. The van der Waals surface area contributed by atoms with E-state index >= 15 is 0 Å². The topological polar surface area (TPSA) is 70.1 Å². The molecule has 2 saturated heterocycles. The molecule has 2 heterocycles. The summed E-state index contributed by atoms with van der Waals surface area (Å²) < 4.78 is 5.31.